The molecule has 6 aromatic rings. The van der Waals surface area contributed by atoms with Crippen LogP contribution in [0.3, 0.4) is 0 Å². The van der Waals surface area contributed by atoms with Crippen molar-refractivity contribution in [3.05, 3.63) is 172 Å². The van der Waals surface area contributed by atoms with Crippen LogP contribution in [-0.2, 0) is 23.1 Å². The highest BCUT2D eigenvalue weighted by Gasteiger charge is 2.41. The minimum atomic E-state index is -2.09. The summed E-state index contributed by atoms with van der Waals surface area (Å²) >= 11 is 7.37. The van der Waals surface area contributed by atoms with Crippen molar-refractivity contribution in [2.24, 2.45) is 0 Å². The molecule has 48 heavy (non-hydrogen) atoms. The predicted octanol–water partition coefficient (Wildman–Crippen LogP) is 10.9. The number of halogens is 1. The largest absolute Gasteiger partial charge is 0.413 e. The lowest BCUT2D eigenvalue weighted by molar-refractivity contribution is 0.276. The van der Waals surface area contributed by atoms with Gasteiger partial charge < -0.3 is 9.74 Å². The lowest BCUT2D eigenvalue weighted by Crippen LogP contribution is -2.40. The number of hydrogen-bond acceptors (Lipinski definition) is 3. The number of aromatic nitrogens is 2. The summed E-state index contributed by atoms with van der Waals surface area (Å²) in [5, 5.41) is 10.8. The summed E-state index contributed by atoms with van der Waals surface area (Å²) in [6.45, 7) is 14.7. The molecule has 246 valence electrons. The van der Waals surface area contributed by atoms with Gasteiger partial charge in [-0.25, -0.2) is 4.68 Å². The molecule has 1 heterocycles. The van der Waals surface area contributed by atoms with E-state index in [2.05, 4.69) is 178 Å². The van der Waals surface area contributed by atoms with Crippen LogP contribution < -0.4 is 5.32 Å². The van der Waals surface area contributed by atoms with Gasteiger partial charge in [-0.05, 0) is 64.5 Å². The molecule has 0 saturated heterocycles. The molecule has 0 aliphatic rings. The van der Waals surface area contributed by atoms with E-state index < -0.39 is 13.9 Å². The zero-order valence-corrected chi connectivity index (χ0v) is 30.6. The maximum Gasteiger partial charge on any atom is 0.192 e. The molecule has 0 aliphatic heterocycles. The van der Waals surface area contributed by atoms with Crippen molar-refractivity contribution in [1.82, 2.24) is 15.1 Å². The van der Waals surface area contributed by atoms with Gasteiger partial charge in [0.2, 0.25) is 0 Å². The van der Waals surface area contributed by atoms with Gasteiger partial charge in [0.05, 0.1) is 18.3 Å². The van der Waals surface area contributed by atoms with E-state index in [4.69, 9.17) is 21.1 Å². The van der Waals surface area contributed by atoms with Crippen LogP contribution in [0, 0.1) is 0 Å². The van der Waals surface area contributed by atoms with Gasteiger partial charge in [0.15, 0.2) is 8.32 Å². The molecule has 0 bridgehead atoms. The van der Waals surface area contributed by atoms with Crippen LogP contribution in [0.4, 0.5) is 0 Å². The molecule has 1 atom stereocenters. The fourth-order valence-electron chi connectivity index (χ4n) is 6.36. The first-order chi connectivity index (χ1) is 23.0. The molecule has 4 nitrogen and oxygen atoms in total. The van der Waals surface area contributed by atoms with E-state index in [9.17, 15) is 0 Å². The molecule has 0 radical (unpaired) electrons. The molecule has 6 heteroatoms. The van der Waals surface area contributed by atoms with Gasteiger partial charge in [0.25, 0.3) is 0 Å². The average Bonchev–Trinajstić information content (AvgIpc) is 3.51. The smallest absolute Gasteiger partial charge is 0.192 e. The van der Waals surface area contributed by atoms with E-state index in [1.165, 1.54) is 5.56 Å². The third-order valence-corrected chi connectivity index (χ3v) is 15.0. The summed E-state index contributed by atoms with van der Waals surface area (Å²) < 4.78 is 9.11. The van der Waals surface area contributed by atoms with E-state index in [1.807, 2.05) is 6.20 Å². The Morgan fingerprint density at radius 2 is 1.23 bits per heavy atom. The quantitative estimate of drug-likeness (QED) is 0.110. The molecule has 0 aliphatic carbocycles. The molecule has 0 unspecified atom stereocenters. The van der Waals surface area contributed by atoms with E-state index in [0.717, 1.165) is 38.7 Å². The van der Waals surface area contributed by atoms with Crippen molar-refractivity contribution in [3.8, 4) is 0 Å². The Balaban J connectivity index is 1.58. The third kappa shape index (κ3) is 6.40. The van der Waals surface area contributed by atoms with Gasteiger partial charge in [0, 0.05) is 23.0 Å². The number of rotatable bonds is 11. The first kappa shape index (κ1) is 33.9. The Morgan fingerprint density at radius 3 is 1.71 bits per heavy atom. The van der Waals surface area contributed by atoms with Crippen LogP contribution in [0.2, 0.25) is 23.2 Å². The number of nitrogens with one attached hydrogen (secondary N) is 1. The maximum atomic E-state index is 7.37. The number of hydrogen-bond donors (Lipinski definition) is 1. The molecule has 0 saturated carbocycles. The lowest BCUT2D eigenvalue weighted by atomic mass is 9.77. The van der Waals surface area contributed by atoms with Gasteiger partial charge in [-0.1, -0.05) is 154 Å². The van der Waals surface area contributed by atoms with E-state index in [-0.39, 0.29) is 11.1 Å². The molecule has 5 aromatic carbocycles. The van der Waals surface area contributed by atoms with E-state index in [1.54, 1.807) is 0 Å². The van der Waals surface area contributed by atoms with E-state index in [0.29, 0.717) is 18.2 Å². The fraction of sp³-hybridized carbons (Fsp3) is 0.262. The summed E-state index contributed by atoms with van der Waals surface area (Å²) in [5.74, 6) is 0. The van der Waals surface area contributed by atoms with E-state index >= 15 is 0 Å². The van der Waals surface area contributed by atoms with Crippen molar-refractivity contribution < 1.29 is 4.43 Å². The van der Waals surface area contributed by atoms with Crippen LogP contribution in [0.1, 0.15) is 67.1 Å². The molecular weight excluding hydrogens is 626 g/mol. The monoisotopic (exact) mass is 671 g/mol. The summed E-state index contributed by atoms with van der Waals surface area (Å²) in [4.78, 5) is 0. The van der Waals surface area contributed by atoms with Crippen LogP contribution >= 0.6 is 11.6 Å². The van der Waals surface area contributed by atoms with Crippen LogP contribution in [-0.4, -0.2) is 18.1 Å². The second-order valence-electron chi connectivity index (χ2n) is 14.2. The average molecular weight is 672 g/mol. The molecule has 1 N–H and O–H groups in total. The van der Waals surface area contributed by atoms with Crippen molar-refractivity contribution >= 4 is 30.8 Å². The molecule has 0 spiro atoms. The maximum absolute atomic E-state index is 7.37. The Hall–Kier alpha value is -4.00. The van der Waals surface area contributed by atoms with Gasteiger partial charge in [-0.15, -0.1) is 0 Å². The topological polar surface area (TPSA) is 39.1 Å². The summed E-state index contributed by atoms with van der Waals surface area (Å²) in [5.41, 5.74) is 6.93. The summed E-state index contributed by atoms with van der Waals surface area (Å²) in [6, 6.07) is 44.8. The van der Waals surface area contributed by atoms with Crippen molar-refractivity contribution in [1.29, 1.82) is 0 Å². The minimum Gasteiger partial charge on any atom is -0.413 e. The Labute approximate surface area is 291 Å². The van der Waals surface area contributed by atoms with Gasteiger partial charge >= 0.3 is 0 Å². The Kier molecular flexibility index (Phi) is 9.78. The zero-order valence-electron chi connectivity index (χ0n) is 28.9. The van der Waals surface area contributed by atoms with Crippen molar-refractivity contribution in [2.45, 2.75) is 70.6 Å². The fourth-order valence-corrected chi connectivity index (χ4v) is 7.58. The first-order valence-corrected chi connectivity index (χ1v) is 20.1. The van der Waals surface area contributed by atoms with Gasteiger partial charge in [0.1, 0.15) is 5.54 Å². The Morgan fingerprint density at radius 1 is 0.750 bits per heavy atom. The highest BCUT2D eigenvalue weighted by molar-refractivity contribution is 6.74. The second-order valence-corrected chi connectivity index (χ2v) is 19.4. The molecule has 1 aromatic heterocycles. The first-order valence-electron chi connectivity index (χ1n) is 16.8. The van der Waals surface area contributed by atoms with Crippen LogP contribution in [0.15, 0.2) is 134 Å². The van der Waals surface area contributed by atoms with Crippen molar-refractivity contribution in [3.63, 3.8) is 0 Å². The lowest BCUT2D eigenvalue weighted by Gasteiger charge is -2.37. The van der Waals surface area contributed by atoms with Crippen molar-refractivity contribution in [2.75, 3.05) is 0 Å². The zero-order chi connectivity index (χ0) is 33.9. The Bertz CT molecular complexity index is 1860. The molecule has 0 amide bonds. The van der Waals surface area contributed by atoms with Crippen LogP contribution in [0.5, 0.6) is 0 Å². The number of benzene rings is 5. The SMILES string of the molecule is C[C@@H](NCc1c(Cl)cc2c(cnn2C(c2ccccc2)(c2ccccc2)c2ccccc2)c1CO[Si](C)(C)C(C)(C)C)c1ccccc1. The number of fused-ring (bicyclic) bond motifs is 1. The van der Waals surface area contributed by atoms with Gasteiger partial charge in [-0.2, -0.15) is 5.10 Å². The summed E-state index contributed by atoms with van der Waals surface area (Å²) in [7, 11) is -2.09. The molecular formula is C42H46ClN3OSi. The van der Waals surface area contributed by atoms with Gasteiger partial charge in [-0.3, -0.25) is 0 Å². The highest BCUT2D eigenvalue weighted by Crippen LogP contribution is 2.44. The normalized spacial score (nSPS) is 13.1. The van der Waals surface area contributed by atoms with Crippen LogP contribution in [0.25, 0.3) is 10.9 Å². The predicted molar refractivity (Wildman–Crippen MR) is 203 cm³/mol. The number of nitrogens with zero attached hydrogens (tertiary/aromatic N) is 2. The highest BCUT2D eigenvalue weighted by atomic mass is 35.5. The minimum absolute atomic E-state index is 0.0676. The summed E-state index contributed by atoms with van der Waals surface area (Å²) in [6.07, 6.45) is 2.02. The third-order valence-electron chi connectivity index (χ3n) is 10.2. The standard InChI is InChI=1S/C42H46ClN3OSi/c1-31(32-19-11-7-12-20-32)44-28-36-38(30-47-48(5,6)41(2,3)4)37-29-45-46(40(37)27-39(36)43)42(33-21-13-8-14-22-33,34-23-15-9-16-24-34)35-25-17-10-18-26-35/h7-27,29,31,44H,28,30H2,1-6H3/t31-/m1/s1. The molecule has 6 rings (SSSR count). The molecule has 0 fully saturated rings. The second kappa shape index (κ2) is 13.8.